The van der Waals surface area contributed by atoms with Gasteiger partial charge in [0.1, 0.15) is 0 Å². The summed E-state index contributed by atoms with van der Waals surface area (Å²) >= 11 is 5.96. The maximum Gasteiger partial charge on any atom is 0.225 e. The second kappa shape index (κ2) is 5.71. The molecule has 0 radical (unpaired) electrons. The van der Waals surface area contributed by atoms with Gasteiger partial charge in [0.25, 0.3) is 0 Å². The minimum Gasteiger partial charge on any atom is -0.297 e. The normalized spacial score (nSPS) is 11.7. The SMILES string of the molecule is CCS(=O)(=O)CCn1c(Cl)nnc1-c1ccccc1. The summed E-state index contributed by atoms with van der Waals surface area (Å²) in [5.74, 6) is 0.728. The lowest BCUT2D eigenvalue weighted by molar-refractivity contribution is 0.590. The summed E-state index contributed by atoms with van der Waals surface area (Å²) in [6.45, 7) is 1.88. The van der Waals surface area contributed by atoms with Gasteiger partial charge in [-0.2, -0.15) is 0 Å². The Labute approximate surface area is 117 Å². The second-order valence-electron chi connectivity index (χ2n) is 4.05. The Morgan fingerprint density at radius 2 is 1.89 bits per heavy atom. The van der Waals surface area contributed by atoms with E-state index in [4.69, 9.17) is 11.6 Å². The third-order valence-electron chi connectivity index (χ3n) is 2.80. The molecule has 2 aromatic rings. The van der Waals surface area contributed by atoms with Crippen molar-refractivity contribution >= 4 is 21.4 Å². The summed E-state index contributed by atoms with van der Waals surface area (Å²) in [4.78, 5) is 0. The lowest BCUT2D eigenvalue weighted by atomic mass is 10.2. The number of hydrogen-bond donors (Lipinski definition) is 0. The molecule has 0 bridgehead atoms. The molecule has 5 nitrogen and oxygen atoms in total. The average Bonchev–Trinajstić information content (AvgIpc) is 2.79. The largest absolute Gasteiger partial charge is 0.297 e. The van der Waals surface area contributed by atoms with E-state index in [0.29, 0.717) is 5.82 Å². The van der Waals surface area contributed by atoms with E-state index in [2.05, 4.69) is 10.2 Å². The lowest BCUT2D eigenvalue weighted by Crippen LogP contribution is -2.15. The zero-order valence-corrected chi connectivity index (χ0v) is 12.0. The van der Waals surface area contributed by atoms with E-state index in [-0.39, 0.29) is 23.3 Å². The number of rotatable bonds is 5. The van der Waals surface area contributed by atoms with Gasteiger partial charge in [-0.15, -0.1) is 10.2 Å². The molecule has 1 aromatic carbocycles. The van der Waals surface area contributed by atoms with Crippen molar-refractivity contribution in [2.24, 2.45) is 0 Å². The average molecular weight is 300 g/mol. The Morgan fingerprint density at radius 3 is 2.53 bits per heavy atom. The first kappa shape index (κ1) is 14.0. The van der Waals surface area contributed by atoms with Crippen LogP contribution in [0, 0.1) is 0 Å². The highest BCUT2D eigenvalue weighted by Crippen LogP contribution is 2.20. The van der Waals surface area contributed by atoms with Gasteiger partial charge in [0, 0.05) is 17.9 Å². The third kappa shape index (κ3) is 3.33. The summed E-state index contributed by atoms with van der Waals surface area (Å²) in [6.07, 6.45) is 0. The van der Waals surface area contributed by atoms with Crippen LogP contribution in [0.25, 0.3) is 11.4 Å². The van der Waals surface area contributed by atoms with Gasteiger partial charge >= 0.3 is 0 Å². The molecular formula is C12H14ClN3O2S. The number of nitrogens with zero attached hydrogens (tertiary/aromatic N) is 3. The van der Waals surface area contributed by atoms with Crippen LogP contribution < -0.4 is 0 Å². The van der Waals surface area contributed by atoms with Crippen LogP contribution in [0.4, 0.5) is 0 Å². The molecular weight excluding hydrogens is 286 g/mol. The van der Waals surface area contributed by atoms with Gasteiger partial charge < -0.3 is 0 Å². The molecule has 2 rings (SSSR count). The van der Waals surface area contributed by atoms with Crippen LogP contribution in [0.1, 0.15) is 6.92 Å². The van der Waals surface area contributed by atoms with E-state index in [0.717, 1.165) is 5.56 Å². The van der Waals surface area contributed by atoms with Crippen LogP contribution in [-0.4, -0.2) is 34.7 Å². The second-order valence-corrected chi connectivity index (χ2v) is 6.86. The highest BCUT2D eigenvalue weighted by molar-refractivity contribution is 7.91. The molecule has 0 fully saturated rings. The Balaban J connectivity index is 2.29. The van der Waals surface area contributed by atoms with E-state index >= 15 is 0 Å². The van der Waals surface area contributed by atoms with Gasteiger partial charge in [0.05, 0.1) is 5.75 Å². The predicted molar refractivity (Wildman–Crippen MR) is 74.8 cm³/mol. The van der Waals surface area contributed by atoms with E-state index in [1.807, 2.05) is 30.3 Å². The molecule has 0 saturated heterocycles. The maximum absolute atomic E-state index is 11.6. The fourth-order valence-corrected chi connectivity index (χ4v) is 2.61. The van der Waals surface area contributed by atoms with Crippen LogP contribution in [0.5, 0.6) is 0 Å². The van der Waals surface area contributed by atoms with Crippen molar-refractivity contribution in [1.82, 2.24) is 14.8 Å². The van der Waals surface area contributed by atoms with Gasteiger partial charge in [-0.25, -0.2) is 8.42 Å². The van der Waals surface area contributed by atoms with Gasteiger partial charge in [-0.3, -0.25) is 4.57 Å². The van der Waals surface area contributed by atoms with Gasteiger partial charge in [-0.1, -0.05) is 37.3 Å². The molecule has 19 heavy (non-hydrogen) atoms. The molecule has 0 aliphatic rings. The van der Waals surface area contributed by atoms with E-state index in [1.54, 1.807) is 11.5 Å². The van der Waals surface area contributed by atoms with Gasteiger partial charge in [-0.05, 0) is 11.6 Å². The lowest BCUT2D eigenvalue weighted by Gasteiger charge is -2.07. The predicted octanol–water partition coefficient (Wildman–Crippen LogP) is 2.03. The monoisotopic (exact) mass is 299 g/mol. The molecule has 102 valence electrons. The van der Waals surface area contributed by atoms with Crippen molar-refractivity contribution in [3.8, 4) is 11.4 Å². The van der Waals surface area contributed by atoms with Crippen molar-refractivity contribution in [2.45, 2.75) is 13.5 Å². The van der Waals surface area contributed by atoms with E-state index < -0.39 is 9.84 Å². The quantitative estimate of drug-likeness (QED) is 0.847. The van der Waals surface area contributed by atoms with Gasteiger partial charge in [0.15, 0.2) is 15.7 Å². The van der Waals surface area contributed by atoms with Crippen molar-refractivity contribution in [3.63, 3.8) is 0 Å². The summed E-state index contributed by atoms with van der Waals surface area (Å²) in [7, 11) is -3.05. The molecule has 7 heteroatoms. The highest BCUT2D eigenvalue weighted by atomic mass is 35.5. The summed E-state index contributed by atoms with van der Waals surface area (Å²) < 4.78 is 24.7. The zero-order chi connectivity index (χ0) is 13.9. The van der Waals surface area contributed by atoms with Crippen LogP contribution in [0.15, 0.2) is 30.3 Å². The van der Waals surface area contributed by atoms with Crippen molar-refractivity contribution in [3.05, 3.63) is 35.6 Å². The first-order chi connectivity index (χ1) is 9.03. The fourth-order valence-electron chi connectivity index (χ4n) is 1.66. The smallest absolute Gasteiger partial charge is 0.225 e. The molecule has 0 aliphatic heterocycles. The maximum atomic E-state index is 11.6. The van der Waals surface area contributed by atoms with Crippen LogP contribution in [0.2, 0.25) is 5.28 Å². The molecule has 0 amide bonds. The van der Waals surface area contributed by atoms with E-state index in [1.165, 1.54) is 0 Å². The number of sulfone groups is 1. The number of halogens is 1. The fraction of sp³-hybridized carbons (Fsp3) is 0.333. The molecule has 0 aliphatic carbocycles. The topological polar surface area (TPSA) is 64.8 Å². The van der Waals surface area contributed by atoms with E-state index in [9.17, 15) is 8.42 Å². The standard InChI is InChI=1S/C12H14ClN3O2S/c1-2-19(17,18)9-8-16-11(14-15-12(16)13)10-6-4-3-5-7-10/h3-7H,2,8-9H2,1H3. The Hall–Kier alpha value is -1.40. The zero-order valence-electron chi connectivity index (χ0n) is 10.5. The Kier molecular flexibility index (Phi) is 4.21. The highest BCUT2D eigenvalue weighted by Gasteiger charge is 2.15. The minimum atomic E-state index is -3.05. The van der Waals surface area contributed by atoms with Crippen molar-refractivity contribution < 1.29 is 8.42 Å². The van der Waals surface area contributed by atoms with Crippen LogP contribution in [-0.2, 0) is 16.4 Å². The Morgan fingerprint density at radius 1 is 1.21 bits per heavy atom. The number of aromatic nitrogens is 3. The molecule has 1 aromatic heterocycles. The molecule has 0 spiro atoms. The molecule has 0 N–H and O–H groups in total. The summed E-state index contributed by atoms with van der Waals surface area (Å²) in [5, 5.41) is 8.00. The molecule has 1 heterocycles. The third-order valence-corrected chi connectivity index (χ3v) is 4.77. The van der Waals surface area contributed by atoms with Crippen LogP contribution in [0.3, 0.4) is 0 Å². The summed E-state index contributed by atoms with van der Waals surface area (Å²) in [5.41, 5.74) is 0.857. The number of benzene rings is 1. The first-order valence-electron chi connectivity index (χ1n) is 5.88. The number of hydrogen-bond acceptors (Lipinski definition) is 4. The molecule has 0 atom stereocenters. The van der Waals surface area contributed by atoms with Crippen molar-refractivity contribution in [1.29, 1.82) is 0 Å². The minimum absolute atomic E-state index is 0.0289. The van der Waals surface area contributed by atoms with Crippen LogP contribution >= 0.6 is 11.6 Å². The molecule has 0 saturated carbocycles. The first-order valence-corrected chi connectivity index (χ1v) is 8.08. The van der Waals surface area contributed by atoms with Gasteiger partial charge in [0.2, 0.25) is 5.28 Å². The Bertz CT molecular complexity index is 653. The molecule has 0 unspecified atom stereocenters. The summed E-state index contributed by atoms with van der Waals surface area (Å²) in [6, 6.07) is 9.42. The van der Waals surface area contributed by atoms with Crippen molar-refractivity contribution in [2.75, 3.05) is 11.5 Å².